The molecular formula is C24H25Cl2N5O3. The first kappa shape index (κ1) is 21.9. The summed E-state index contributed by atoms with van der Waals surface area (Å²) in [7, 11) is 0. The number of oxazole rings is 1. The molecule has 8 nitrogen and oxygen atoms in total. The van der Waals surface area contributed by atoms with Crippen LogP contribution in [0.25, 0.3) is 11.1 Å². The molecule has 1 amide bonds. The predicted molar refractivity (Wildman–Crippen MR) is 131 cm³/mol. The normalized spacial score (nSPS) is 22.7. The number of anilines is 2. The second-order valence-corrected chi connectivity index (χ2v) is 10.0. The van der Waals surface area contributed by atoms with E-state index in [0.717, 1.165) is 29.7 Å². The van der Waals surface area contributed by atoms with Gasteiger partial charge in [-0.3, -0.25) is 9.78 Å². The Balaban J connectivity index is 1.22. The summed E-state index contributed by atoms with van der Waals surface area (Å²) in [6, 6.07) is 4.48. The average Bonchev–Trinajstić information content (AvgIpc) is 3.53. The fourth-order valence-corrected chi connectivity index (χ4v) is 5.63. The summed E-state index contributed by atoms with van der Waals surface area (Å²) in [4.78, 5) is 26.4. The molecule has 1 saturated heterocycles. The first-order chi connectivity index (χ1) is 16.5. The van der Waals surface area contributed by atoms with Gasteiger partial charge in [0, 0.05) is 29.2 Å². The molecule has 3 aliphatic rings. The molecule has 10 heteroatoms. The molecule has 2 aromatic heterocycles. The molecule has 2 fully saturated rings. The maximum absolute atomic E-state index is 13.6. The molecule has 1 aliphatic carbocycles. The van der Waals surface area contributed by atoms with Crippen LogP contribution in [0, 0.1) is 0 Å². The molecule has 0 bridgehead atoms. The maximum Gasteiger partial charge on any atom is 0.296 e. The highest BCUT2D eigenvalue weighted by atomic mass is 35.5. The topological polar surface area (TPSA) is 83.7 Å². The van der Waals surface area contributed by atoms with Gasteiger partial charge in [-0.05, 0) is 49.4 Å². The van der Waals surface area contributed by atoms with Crippen LogP contribution in [0.3, 0.4) is 0 Å². The van der Waals surface area contributed by atoms with Gasteiger partial charge in [0.05, 0.1) is 31.6 Å². The summed E-state index contributed by atoms with van der Waals surface area (Å²) in [5.41, 5.74) is 4.26. The van der Waals surface area contributed by atoms with E-state index in [-0.39, 0.29) is 11.9 Å². The van der Waals surface area contributed by atoms with Gasteiger partial charge in [-0.1, -0.05) is 23.2 Å². The molecule has 4 heterocycles. The third-order valence-corrected chi connectivity index (χ3v) is 7.37. The number of fused-ring (bicyclic) bond motifs is 2. The molecule has 2 atom stereocenters. The minimum absolute atomic E-state index is 0.0392. The number of ether oxygens (including phenoxy) is 1. The van der Waals surface area contributed by atoms with Crippen LogP contribution in [0.1, 0.15) is 36.9 Å². The van der Waals surface area contributed by atoms with E-state index in [1.54, 1.807) is 18.5 Å². The van der Waals surface area contributed by atoms with Gasteiger partial charge in [-0.2, -0.15) is 4.98 Å². The Kier molecular flexibility index (Phi) is 5.54. The van der Waals surface area contributed by atoms with E-state index in [1.165, 1.54) is 0 Å². The summed E-state index contributed by atoms with van der Waals surface area (Å²) >= 11 is 12.7. The Hall–Kier alpha value is -2.55. The molecule has 3 aromatic rings. The van der Waals surface area contributed by atoms with Gasteiger partial charge in [0.2, 0.25) is 0 Å². The minimum Gasteiger partial charge on any atom is -0.421 e. The van der Waals surface area contributed by atoms with E-state index in [0.29, 0.717) is 65.9 Å². The number of aromatic nitrogens is 2. The fourth-order valence-electron chi connectivity index (χ4n) is 4.94. The Bertz CT molecular complexity index is 1260. The average molecular weight is 502 g/mol. The lowest BCUT2D eigenvalue weighted by Crippen LogP contribution is -2.53. The van der Waals surface area contributed by atoms with Crippen LogP contribution >= 0.6 is 23.2 Å². The smallest absolute Gasteiger partial charge is 0.296 e. The van der Waals surface area contributed by atoms with Gasteiger partial charge in [-0.15, -0.1) is 0 Å². The number of carbonyl (C=O) groups is 1. The zero-order chi connectivity index (χ0) is 23.4. The number of hydrogen-bond donors (Lipinski definition) is 1. The van der Waals surface area contributed by atoms with Crippen LogP contribution in [-0.4, -0.2) is 59.2 Å². The van der Waals surface area contributed by atoms with Crippen LogP contribution in [0.4, 0.5) is 11.7 Å². The van der Waals surface area contributed by atoms with Crippen molar-refractivity contribution in [2.75, 3.05) is 36.5 Å². The van der Waals surface area contributed by atoms with Crippen molar-refractivity contribution in [3.63, 3.8) is 0 Å². The molecular weight excluding hydrogens is 477 g/mol. The quantitative estimate of drug-likeness (QED) is 0.564. The zero-order valence-electron chi connectivity index (χ0n) is 18.8. The van der Waals surface area contributed by atoms with Crippen LogP contribution in [0.5, 0.6) is 0 Å². The van der Waals surface area contributed by atoms with Crippen LogP contribution in [0.2, 0.25) is 10.0 Å². The highest BCUT2D eigenvalue weighted by molar-refractivity contribution is 6.35. The number of hydrogen-bond acceptors (Lipinski definition) is 7. The first-order valence-corrected chi connectivity index (χ1v) is 12.4. The van der Waals surface area contributed by atoms with Crippen molar-refractivity contribution < 1.29 is 13.9 Å². The van der Waals surface area contributed by atoms with Crippen LogP contribution in [-0.2, 0) is 16.0 Å². The fraction of sp³-hybridized carbons (Fsp3) is 0.458. The Morgan fingerprint density at radius 3 is 2.88 bits per heavy atom. The number of nitrogens with zero attached hydrogens (tertiary/aromatic N) is 4. The van der Waals surface area contributed by atoms with Gasteiger partial charge in [0.25, 0.3) is 11.9 Å². The first-order valence-electron chi connectivity index (χ1n) is 11.6. The summed E-state index contributed by atoms with van der Waals surface area (Å²) in [5, 5.41) is 4.51. The molecule has 0 spiro atoms. The second-order valence-electron chi connectivity index (χ2n) is 9.17. The van der Waals surface area contributed by atoms with Crippen molar-refractivity contribution in [1.29, 1.82) is 0 Å². The number of carbonyl (C=O) groups excluding carboxylic acids is 1. The molecule has 0 radical (unpaired) electrons. The molecule has 178 valence electrons. The predicted octanol–water partition coefficient (Wildman–Crippen LogP) is 4.46. The lowest BCUT2D eigenvalue weighted by Gasteiger charge is -2.40. The molecule has 0 unspecified atom stereocenters. The number of rotatable bonds is 4. The summed E-state index contributed by atoms with van der Waals surface area (Å²) in [5.74, 6) is -0.0392. The lowest BCUT2D eigenvalue weighted by molar-refractivity contribution is -0.147. The summed E-state index contributed by atoms with van der Waals surface area (Å²) < 4.78 is 12.0. The van der Waals surface area contributed by atoms with Crippen molar-refractivity contribution in [2.24, 2.45) is 0 Å². The zero-order valence-corrected chi connectivity index (χ0v) is 20.3. The monoisotopic (exact) mass is 501 g/mol. The molecule has 1 N–H and O–H groups in total. The van der Waals surface area contributed by atoms with Crippen molar-refractivity contribution in [3.05, 3.63) is 45.7 Å². The number of benzene rings is 1. The maximum atomic E-state index is 13.6. The highest BCUT2D eigenvalue weighted by Gasteiger charge is 2.37. The van der Waals surface area contributed by atoms with E-state index < -0.39 is 6.10 Å². The van der Waals surface area contributed by atoms with Gasteiger partial charge in [0.1, 0.15) is 11.2 Å². The Labute approximate surface area is 207 Å². The summed E-state index contributed by atoms with van der Waals surface area (Å²) in [6.45, 7) is 4.08. The largest absolute Gasteiger partial charge is 0.421 e. The number of halogens is 2. The van der Waals surface area contributed by atoms with Crippen molar-refractivity contribution in [3.8, 4) is 0 Å². The van der Waals surface area contributed by atoms with E-state index in [9.17, 15) is 4.79 Å². The van der Waals surface area contributed by atoms with E-state index in [4.69, 9.17) is 32.4 Å². The van der Waals surface area contributed by atoms with E-state index >= 15 is 0 Å². The highest BCUT2D eigenvalue weighted by Crippen LogP contribution is 2.38. The minimum atomic E-state index is -0.592. The summed E-state index contributed by atoms with van der Waals surface area (Å²) in [6.07, 6.45) is 5.85. The third kappa shape index (κ3) is 3.97. The van der Waals surface area contributed by atoms with E-state index in [1.807, 2.05) is 17.9 Å². The molecule has 6 rings (SSSR count). The van der Waals surface area contributed by atoms with Crippen molar-refractivity contribution in [2.45, 2.75) is 44.4 Å². The number of morpholine rings is 1. The van der Waals surface area contributed by atoms with Crippen LogP contribution in [0.15, 0.2) is 28.9 Å². The van der Waals surface area contributed by atoms with Crippen LogP contribution < -0.4 is 10.2 Å². The van der Waals surface area contributed by atoms with Crippen molar-refractivity contribution >= 4 is 51.9 Å². The number of amides is 1. The number of nitrogens with one attached hydrogen (secondary N) is 1. The standard InChI is InChI=1S/C24H25Cl2N5O3/c1-13-21-14(8-15(25)9-17(21)26)4-5-31(13)23(32)20-12-30(6-7-33-20)19-11-27-10-18-22(19)34-24(29-18)28-16-2-3-16/h8-11,13,16,20H,2-7,12H2,1H3,(H,28,29)/t13-,20+/m0/s1. The Morgan fingerprint density at radius 2 is 2.06 bits per heavy atom. The SMILES string of the molecule is C[C@H]1c2c(Cl)cc(Cl)cc2CCN1C(=O)[C@H]1CN(c2cncc3nc(NC4CC4)oc23)CCO1. The number of pyridine rings is 1. The van der Waals surface area contributed by atoms with Gasteiger partial charge < -0.3 is 24.3 Å². The van der Waals surface area contributed by atoms with E-state index in [2.05, 4.69) is 20.2 Å². The molecule has 2 aliphatic heterocycles. The Morgan fingerprint density at radius 1 is 1.21 bits per heavy atom. The molecule has 34 heavy (non-hydrogen) atoms. The second kappa shape index (κ2) is 8.59. The van der Waals surface area contributed by atoms with Gasteiger partial charge in [-0.25, -0.2) is 0 Å². The molecule has 1 saturated carbocycles. The lowest BCUT2D eigenvalue weighted by atomic mass is 9.93. The molecule has 1 aromatic carbocycles. The van der Waals surface area contributed by atoms with Crippen molar-refractivity contribution in [1.82, 2.24) is 14.9 Å². The van der Waals surface area contributed by atoms with Gasteiger partial charge in [0.15, 0.2) is 11.7 Å². The van der Waals surface area contributed by atoms with Gasteiger partial charge >= 0.3 is 0 Å². The third-order valence-electron chi connectivity index (χ3n) is 6.84.